The maximum atomic E-state index is 12.7. The summed E-state index contributed by atoms with van der Waals surface area (Å²) < 4.78 is 38.7. The lowest BCUT2D eigenvalue weighted by molar-refractivity contribution is 0.102. The van der Waals surface area contributed by atoms with Crippen LogP contribution >= 0.6 is 11.6 Å². The minimum atomic E-state index is -3.97. The fourth-order valence-electron chi connectivity index (χ4n) is 3.09. The summed E-state index contributed by atoms with van der Waals surface area (Å²) in [6.07, 6.45) is 1.45. The number of carbonyl (C=O) groups is 1. The van der Waals surface area contributed by atoms with Gasteiger partial charge in [0.15, 0.2) is 0 Å². The van der Waals surface area contributed by atoms with Crippen molar-refractivity contribution in [3.05, 3.63) is 113 Å². The van der Waals surface area contributed by atoms with Crippen molar-refractivity contribution in [3.63, 3.8) is 0 Å². The van der Waals surface area contributed by atoms with Crippen LogP contribution in [0.5, 0.6) is 5.75 Å². The molecule has 1 amide bonds. The van der Waals surface area contributed by atoms with Crippen LogP contribution in [-0.4, -0.2) is 14.3 Å². The minimum absolute atomic E-state index is 0.00316. The molecule has 0 aliphatic rings. The van der Waals surface area contributed by atoms with Crippen molar-refractivity contribution in [3.8, 4) is 5.75 Å². The topological polar surface area (TPSA) is 97.6 Å². The summed E-state index contributed by atoms with van der Waals surface area (Å²) in [5.41, 5.74) is 1.73. The first-order valence-electron chi connectivity index (χ1n) is 10.3. The van der Waals surface area contributed by atoms with Gasteiger partial charge in [-0.05, 0) is 60.2 Å². The molecule has 0 spiro atoms. The number of ether oxygens (including phenoxy) is 1. The molecule has 0 fully saturated rings. The third kappa shape index (κ3) is 6.05. The van der Waals surface area contributed by atoms with E-state index in [0.717, 1.165) is 5.56 Å². The molecule has 0 saturated carbocycles. The molecule has 3 aromatic carbocycles. The van der Waals surface area contributed by atoms with Crippen LogP contribution < -0.4 is 14.8 Å². The zero-order chi connectivity index (χ0) is 24.0. The van der Waals surface area contributed by atoms with Gasteiger partial charge in [-0.3, -0.25) is 4.79 Å². The quantitative estimate of drug-likeness (QED) is 0.330. The number of anilines is 1. The Balaban J connectivity index is 1.41. The lowest BCUT2D eigenvalue weighted by atomic mass is 10.2. The highest BCUT2D eigenvalue weighted by Gasteiger charge is 2.20. The molecule has 9 heteroatoms. The molecule has 4 rings (SSSR count). The number of benzene rings is 3. The van der Waals surface area contributed by atoms with Gasteiger partial charge >= 0.3 is 0 Å². The number of halogens is 1. The van der Waals surface area contributed by atoms with Crippen LogP contribution in [0.15, 0.2) is 101 Å². The Morgan fingerprint density at radius 3 is 2.41 bits per heavy atom. The van der Waals surface area contributed by atoms with Crippen LogP contribution in [-0.2, 0) is 23.2 Å². The van der Waals surface area contributed by atoms with E-state index in [1.54, 1.807) is 36.4 Å². The second-order valence-corrected chi connectivity index (χ2v) is 9.44. The van der Waals surface area contributed by atoms with E-state index in [1.807, 2.05) is 30.3 Å². The summed E-state index contributed by atoms with van der Waals surface area (Å²) in [5, 5.41) is 2.75. The van der Waals surface area contributed by atoms with E-state index >= 15 is 0 Å². The van der Waals surface area contributed by atoms with Crippen LogP contribution in [0.1, 0.15) is 21.7 Å². The predicted molar refractivity (Wildman–Crippen MR) is 129 cm³/mol. The summed E-state index contributed by atoms with van der Waals surface area (Å²) in [6, 6.07) is 24.0. The van der Waals surface area contributed by atoms with E-state index in [4.69, 9.17) is 20.8 Å². The third-order valence-electron chi connectivity index (χ3n) is 4.86. The predicted octanol–water partition coefficient (Wildman–Crippen LogP) is 5.24. The van der Waals surface area contributed by atoms with E-state index in [1.165, 1.54) is 24.5 Å². The average Bonchev–Trinajstić information content (AvgIpc) is 3.37. The molecule has 2 N–H and O–H groups in total. The number of carbonyl (C=O) groups excluding carboxylic acids is 1. The smallest absolute Gasteiger partial charge is 0.255 e. The summed E-state index contributed by atoms with van der Waals surface area (Å²) >= 11 is 6.11. The van der Waals surface area contributed by atoms with Gasteiger partial charge in [0.2, 0.25) is 10.0 Å². The molecule has 4 aromatic rings. The molecule has 7 nitrogen and oxygen atoms in total. The van der Waals surface area contributed by atoms with Crippen LogP contribution in [0.3, 0.4) is 0 Å². The first-order chi connectivity index (χ1) is 16.4. The van der Waals surface area contributed by atoms with Crippen molar-refractivity contribution in [2.45, 2.75) is 18.0 Å². The van der Waals surface area contributed by atoms with E-state index < -0.39 is 15.9 Å². The number of rotatable bonds is 9. The number of hydrogen-bond acceptors (Lipinski definition) is 5. The van der Waals surface area contributed by atoms with Crippen molar-refractivity contribution in [1.29, 1.82) is 0 Å². The Labute approximate surface area is 202 Å². The van der Waals surface area contributed by atoms with Crippen molar-refractivity contribution in [2.75, 3.05) is 5.32 Å². The molecule has 34 heavy (non-hydrogen) atoms. The maximum Gasteiger partial charge on any atom is 0.255 e. The van der Waals surface area contributed by atoms with Crippen LogP contribution in [0.25, 0.3) is 0 Å². The van der Waals surface area contributed by atoms with Gasteiger partial charge in [-0.2, -0.15) is 0 Å². The molecule has 0 atom stereocenters. The lowest BCUT2D eigenvalue weighted by Gasteiger charge is -2.11. The molecule has 0 bridgehead atoms. The van der Waals surface area contributed by atoms with E-state index in [2.05, 4.69) is 10.0 Å². The molecular formula is C25H21ClN2O5S. The van der Waals surface area contributed by atoms with Gasteiger partial charge in [0, 0.05) is 11.3 Å². The van der Waals surface area contributed by atoms with Gasteiger partial charge < -0.3 is 14.5 Å². The normalized spacial score (nSPS) is 11.2. The summed E-state index contributed by atoms with van der Waals surface area (Å²) in [6.45, 7) is 0.392. The Bertz CT molecular complexity index is 1360. The third-order valence-corrected chi connectivity index (χ3v) is 6.74. The highest BCUT2D eigenvalue weighted by Crippen LogP contribution is 2.24. The number of sulfonamides is 1. The fraction of sp³-hybridized carbons (Fsp3) is 0.0800. The maximum absolute atomic E-state index is 12.7. The average molecular weight is 497 g/mol. The van der Waals surface area contributed by atoms with Crippen LogP contribution in [0.2, 0.25) is 5.02 Å². The van der Waals surface area contributed by atoms with E-state index in [0.29, 0.717) is 23.8 Å². The Hall–Kier alpha value is -3.59. The molecule has 0 aliphatic carbocycles. The van der Waals surface area contributed by atoms with Gasteiger partial charge in [0.1, 0.15) is 23.0 Å². The molecule has 0 unspecified atom stereocenters. The zero-order valence-electron chi connectivity index (χ0n) is 17.9. The van der Waals surface area contributed by atoms with Crippen molar-refractivity contribution in [2.24, 2.45) is 0 Å². The Morgan fingerprint density at radius 2 is 1.71 bits per heavy atom. The first kappa shape index (κ1) is 23.6. The molecule has 0 radical (unpaired) electrons. The second kappa shape index (κ2) is 10.6. The fourth-order valence-corrected chi connectivity index (χ4v) is 4.60. The summed E-state index contributed by atoms with van der Waals surface area (Å²) in [4.78, 5) is 12.5. The van der Waals surface area contributed by atoms with Crippen molar-refractivity contribution >= 4 is 33.2 Å². The van der Waals surface area contributed by atoms with E-state index in [9.17, 15) is 13.2 Å². The largest absolute Gasteiger partial charge is 0.489 e. The summed E-state index contributed by atoms with van der Waals surface area (Å²) in [7, 11) is -3.97. The summed E-state index contributed by atoms with van der Waals surface area (Å²) in [5.74, 6) is 0.631. The Kier molecular flexibility index (Phi) is 7.32. The zero-order valence-corrected chi connectivity index (χ0v) is 19.5. The van der Waals surface area contributed by atoms with Gasteiger partial charge in [-0.25, -0.2) is 13.1 Å². The highest BCUT2D eigenvalue weighted by molar-refractivity contribution is 7.89. The SMILES string of the molecule is O=C(Nc1ccc(OCc2ccccc2)cc1)c1ccc(Cl)c(S(=O)(=O)NCc2ccco2)c1. The second-order valence-electron chi connectivity index (χ2n) is 7.30. The number of hydrogen-bond donors (Lipinski definition) is 2. The van der Waals surface area contributed by atoms with Gasteiger partial charge in [0.25, 0.3) is 5.91 Å². The van der Waals surface area contributed by atoms with Gasteiger partial charge in [-0.1, -0.05) is 41.9 Å². The number of nitrogens with one attached hydrogen (secondary N) is 2. The molecule has 174 valence electrons. The molecule has 0 aliphatic heterocycles. The minimum Gasteiger partial charge on any atom is -0.489 e. The molecular weight excluding hydrogens is 476 g/mol. The van der Waals surface area contributed by atoms with Gasteiger partial charge in [-0.15, -0.1) is 0 Å². The standard InChI is InChI=1S/C25H21ClN2O5S/c26-23-13-8-19(15-24(23)34(30,31)27-16-22-7-4-14-32-22)25(29)28-20-9-11-21(12-10-20)33-17-18-5-2-1-3-6-18/h1-15,27H,16-17H2,(H,28,29). The lowest BCUT2D eigenvalue weighted by Crippen LogP contribution is -2.24. The molecule has 1 aromatic heterocycles. The van der Waals surface area contributed by atoms with Crippen molar-refractivity contribution < 1.29 is 22.4 Å². The van der Waals surface area contributed by atoms with Crippen molar-refractivity contribution in [1.82, 2.24) is 4.72 Å². The van der Waals surface area contributed by atoms with Gasteiger partial charge in [0.05, 0.1) is 17.8 Å². The highest BCUT2D eigenvalue weighted by atomic mass is 35.5. The number of furan rings is 1. The molecule has 1 heterocycles. The number of amides is 1. The first-order valence-corrected chi connectivity index (χ1v) is 12.2. The monoisotopic (exact) mass is 496 g/mol. The van der Waals surface area contributed by atoms with E-state index in [-0.39, 0.29) is 22.0 Å². The van der Waals surface area contributed by atoms with Crippen LogP contribution in [0.4, 0.5) is 5.69 Å². The van der Waals surface area contributed by atoms with Crippen LogP contribution in [0, 0.1) is 0 Å². The Morgan fingerprint density at radius 1 is 0.941 bits per heavy atom. The molecule has 0 saturated heterocycles.